The van der Waals surface area contributed by atoms with E-state index in [2.05, 4.69) is 9.97 Å². The third-order valence-electron chi connectivity index (χ3n) is 2.80. The normalized spacial score (nSPS) is 16.6. The molecule has 2 rings (SSSR count). The molecular formula is C10H11F3N4O2. The van der Waals surface area contributed by atoms with Crippen LogP contribution in [-0.2, 0) is 6.18 Å². The quantitative estimate of drug-likeness (QED) is 0.837. The Morgan fingerprint density at radius 3 is 2.21 bits per heavy atom. The van der Waals surface area contributed by atoms with Crippen LogP contribution in [0.4, 0.5) is 23.8 Å². The van der Waals surface area contributed by atoms with Crippen LogP contribution in [0.2, 0.25) is 0 Å². The smallest absolute Gasteiger partial charge is 0.434 e. The summed E-state index contributed by atoms with van der Waals surface area (Å²) in [5, 5.41) is 8.78. The number of carboxylic acid groups (broad SMARTS) is 1. The lowest BCUT2D eigenvalue weighted by Gasteiger charge is -2.33. The minimum absolute atomic E-state index is 0.290. The van der Waals surface area contributed by atoms with Gasteiger partial charge in [-0.3, -0.25) is 0 Å². The fourth-order valence-corrected chi connectivity index (χ4v) is 1.76. The van der Waals surface area contributed by atoms with Gasteiger partial charge in [0.2, 0.25) is 0 Å². The average molecular weight is 276 g/mol. The second kappa shape index (κ2) is 4.90. The summed E-state index contributed by atoms with van der Waals surface area (Å²) in [6.07, 6.45) is -3.77. The van der Waals surface area contributed by atoms with Gasteiger partial charge in [0.15, 0.2) is 5.69 Å². The van der Waals surface area contributed by atoms with E-state index in [1.807, 2.05) is 0 Å². The Bertz CT molecular complexity index is 455. The molecule has 0 unspecified atom stereocenters. The molecule has 0 radical (unpaired) electrons. The number of rotatable bonds is 1. The zero-order valence-corrected chi connectivity index (χ0v) is 9.76. The van der Waals surface area contributed by atoms with E-state index in [-0.39, 0.29) is 13.1 Å². The molecule has 6 nitrogen and oxygen atoms in total. The number of hydrogen-bond donors (Lipinski definition) is 1. The summed E-state index contributed by atoms with van der Waals surface area (Å²) in [5.74, 6) is 0.318. The highest BCUT2D eigenvalue weighted by Crippen LogP contribution is 2.27. The molecular weight excluding hydrogens is 265 g/mol. The minimum atomic E-state index is -4.51. The van der Waals surface area contributed by atoms with E-state index < -0.39 is 18.0 Å². The van der Waals surface area contributed by atoms with Crippen LogP contribution in [-0.4, -0.2) is 52.2 Å². The molecule has 104 valence electrons. The first-order valence-corrected chi connectivity index (χ1v) is 5.50. The molecule has 9 heteroatoms. The highest BCUT2D eigenvalue weighted by atomic mass is 19.4. The van der Waals surface area contributed by atoms with Crippen LogP contribution < -0.4 is 4.90 Å². The molecule has 1 aromatic rings. The molecule has 2 heterocycles. The maximum atomic E-state index is 12.3. The zero-order valence-electron chi connectivity index (χ0n) is 9.76. The molecule has 1 aliphatic heterocycles. The van der Waals surface area contributed by atoms with Crippen molar-refractivity contribution in [1.29, 1.82) is 0 Å². The summed E-state index contributed by atoms with van der Waals surface area (Å²) >= 11 is 0. The van der Waals surface area contributed by atoms with Crippen LogP contribution >= 0.6 is 0 Å². The summed E-state index contributed by atoms with van der Waals surface area (Å²) < 4.78 is 36.9. The topological polar surface area (TPSA) is 69.6 Å². The van der Waals surface area contributed by atoms with Gasteiger partial charge in [-0.25, -0.2) is 14.8 Å². The Balaban J connectivity index is 2.02. The van der Waals surface area contributed by atoms with Crippen molar-refractivity contribution in [3.63, 3.8) is 0 Å². The second-order valence-electron chi connectivity index (χ2n) is 4.01. The van der Waals surface area contributed by atoms with Crippen molar-refractivity contribution in [3.05, 3.63) is 18.1 Å². The van der Waals surface area contributed by atoms with Gasteiger partial charge in [-0.2, -0.15) is 13.2 Å². The van der Waals surface area contributed by atoms with E-state index in [0.717, 1.165) is 6.20 Å². The molecule has 1 N–H and O–H groups in total. The molecule has 1 fully saturated rings. The van der Waals surface area contributed by atoms with E-state index in [4.69, 9.17) is 5.11 Å². The fraction of sp³-hybridized carbons (Fsp3) is 0.500. The fourth-order valence-electron chi connectivity index (χ4n) is 1.76. The number of anilines is 1. The summed E-state index contributed by atoms with van der Waals surface area (Å²) in [6.45, 7) is 1.34. The van der Waals surface area contributed by atoms with E-state index in [0.29, 0.717) is 25.1 Å². The standard InChI is InChI=1S/C10H11F3N4O2/c11-10(12,13)7-5-15-8(6-14-7)16-1-3-17(4-2-16)9(18)19/h5-6H,1-4H2,(H,18,19). The van der Waals surface area contributed by atoms with Gasteiger partial charge in [0.1, 0.15) is 5.82 Å². The SMILES string of the molecule is O=C(O)N1CCN(c2cnc(C(F)(F)F)cn2)CC1. The highest BCUT2D eigenvalue weighted by Gasteiger charge is 2.33. The van der Waals surface area contributed by atoms with Crippen LogP contribution in [0.5, 0.6) is 0 Å². The van der Waals surface area contributed by atoms with E-state index in [9.17, 15) is 18.0 Å². The lowest BCUT2D eigenvalue weighted by Crippen LogP contribution is -2.48. The van der Waals surface area contributed by atoms with Gasteiger partial charge in [-0.1, -0.05) is 0 Å². The number of amides is 1. The maximum absolute atomic E-state index is 12.3. The van der Waals surface area contributed by atoms with Crippen LogP contribution in [0.3, 0.4) is 0 Å². The minimum Gasteiger partial charge on any atom is -0.465 e. The van der Waals surface area contributed by atoms with Gasteiger partial charge >= 0.3 is 12.3 Å². The monoisotopic (exact) mass is 276 g/mol. The molecule has 0 spiro atoms. The van der Waals surface area contributed by atoms with Crippen LogP contribution in [0.1, 0.15) is 5.69 Å². The molecule has 1 amide bonds. The van der Waals surface area contributed by atoms with Crippen molar-refractivity contribution in [2.75, 3.05) is 31.1 Å². The molecule has 0 atom stereocenters. The van der Waals surface area contributed by atoms with E-state index >= 15 is 0 Å². The van der Waals surface area contributed by atoms with Gasteiger partial charge in [0, 0.05) is 26.2 Å². The number of carbonyl (C=O) groups is 1. The van der Waals surface area contributed by atoms with Gasteiger partial charge in [-0.15, -0.1) is 0 Å². The van der Waals surface area contributed by atoms with E-state index in [1.54, 1.807) is 4.90 Å². The predicted octanol–water partition coefficient (Wildman–Crippen LogP) is 1.30. The Labute approximate surface area is 106 Å². The molecule has 0 aliphatic carbocycles. The summed E-state index contributed by atoms with van der Waals surface area (Å²) in [7, 11) is 0. The first-order valence-electron chi connectivity index (χ1n) is 5.50. The van der Waals surface area contributed by atoms with Gasteiger partial charge in [0.05, 0.1) is 12.4 Å². The number of alkyl halides is 3. The first kappa shape index (κ1) is 13.4. The lowest BCUT2D eigenvalue weighted by molar-refractivity contribution is -0.141. The number of hydrogen-bond acceptors (Lipinski definition) is 4. The molecule has 19 heavy (non-hydrogen) atoms. The number of piperazine rings is 1. The Morgan fingerprint density at radius 2 is 1.79 bits per heavy atom. The van der Waals surface area contributed by atoms with Crippen LogP contribution in [0, 0.1) is 0 Å². The van der Waals surface area contributed by atoms with Gasteiger partial charge in [0.25, 0.3) is 0 Å². The van der Waals surface area contributed by atoms with Gasteiger partial charge in [-0.05, 0) is 0 Å². The van der Waals surface area contributed by atoms with Crippen LogP contribution in [0.15, 0.2) is 12.4 Å². The first-order chi connectivity index (χ1) is 8.88. The molecule has 1 aromatic heterocycles. The maximum Gasteiger partial charge on any atom is 0.434 e. The van der Waals surface area contributed by atoms with Crippen molar-refractivity contribution in [1.82, 2.24) is 14.9 Å². The number of nitrogens with zero attached hydrogens (tertiary/aromatic N) is 4. The molecule has 1 saturated heterocycles. The third-order valence-corrected chi connectivity index (χ3v) is 2.80. The largest absolute Gasteiger partial charge is 0.465 e. The Hall–Kier alpha value is -2.06. The average Bonchev–Trinajstić information content (AvgIpc) is 2.38. The van der Waals surface area contributed by atoms with Crippen molar-refractivity contribution < 1.29 is 23.1 Å². The lowest BCUT2D eigenvalue weighted by atomic mass is 10.3. The van der Waals surface area contributed by atoms with E-state index in [1.165, 1.54) is 4.90 Å². The molecule has 1 aliphatic rings. The highest BCUT2D eigenvalue weighted by molar-refractivity contribution is 5.65. The molecule has 0 aromatic carbocycles. The van der Waals surface area contributed by atoms with Crippen molar-refractivity contribution >= 4 is 11.9 Å². The molecule has 0 bridgehead atoms. The van der Waals surface area contributed by atoms with Crippen LogP contribution in [0.25, 0.3) is 0 Å². The van der Waals surface area contributed by atoms with Crippen molar-refractivity contribution in [3.8, 4) is 0 Å². The third kappa shape index (κ3) is 3.04. The molecule has 0 saturated carbocycles. The predicted molar refractivity (Wildman–Crippen MR) is 58.8 cm³/mol. The zero-order chi connectivity index (χ0) is 14.0. The summed E-state index contributed by atoms with van der Waals surface area (Å²) in [5.41, 5.74) is -1.04. The van der Waals surface area contributed by atoms with Crippen molar-refractivity contribution in [2.45, 2.75) is 6.18 Å². The Morgan fingerprint density at radius 1 is 1.16 bits per heavy atom. The summed E-state index contributed by atoms with van der Waals surface area (Å²) in [4.78, 5) is 20.7. The van der Waals surface area contributed by atoms with Gasteiger partial charge < -0.3 is 14.9 Å². The second-order valence-corrected chi connectivity index (χ2v) is 4.01. The van der Waals surface area contributed by atoms with Crippen molar-refractivity contribution in [2.24, 2.45) is 0 Å². The summed E-state index contributed by atoms with van der Waals surface area (Å²) in [6, 6.07) is 0. The Kier molecular flexibility index (Phi) is 3.45. The number of halogens is 3. The number of aromatic nitrogens is 2.